The normalized spacial score (nSPS) is 11.0. The number of H-pyrrole nitrogens is 1. The molecule has 0 fully saturated rings. The number of aromatic amines is 1. The SMILES string of the molecule is CC(C)CCOCCn1cc(N)c(=O)[nH]c1=O. The lowest BCUT2D eigenvalue weighted by Crippen LogP contribution is -2.32. The monoisotopic (exact) mass is 241 g/mol. The van der Waals surface area contributed by atoms with Crippen molar-refractivity contribution in [1.29, 1.82) is 0 Å². The molecule has 0 aliphatic carbocycles. The average Bonchev–Trinajstić information content (AvgIpc) is 2.24. The summed E-state index contributed by atoms with van der Waals surface area (Å²) in [6.07, 6.45) is 2.33. The molecule has 0 saturated carbocycles. The molecule has 1 heterocycles. The van der Waals surface area contributed by atoms with Crippen LogP contribution in [0.4, 0.5) is 5.69 Å². The molecule has 0 radical (unpaired) electrons. The average molecular weight is 241 g/mol. The molecule has 1 aromatic heterocycles. The highest BCUT2D eigenvalue weighted by molar-refractivity contribution is 5.30. The zero-order valence-corrected chi connectivity index (χ0v) is 10.2. The van der Waals surface area contributed by atoms with Crippen LogP contribution in [0.5, 0.6) is 0 Å². The summed E-state index contributed by atoms with van der Waals surface area (Å²) in [5, 5.41) is 0. The molecule has 96 valence electrons. The number of nitrogens with two attached hydrogens (primary N) is 1. The number of nitrogens with one attached hydrogen (secondary N) is 1. The maximum Gasteiger partial charge on any atom is 0.328 e. The van der Waals surface area contributed by atoms with E-state index in [2.05, 4.69) is 18.8 Å². The number of ether oxygens (including phenoxy) is 1. The first-order valence-electron chi connectivity index (χ1n) is 5.67. The van der Waals surface area contributed by atoms with Gasteiger partial charge in [0, 0.05) is 12.8 Å². The van der Waals surface area contributed by atoms with Crippen LogP contribution in [0.25, 0.3) is 0 Å². The molecule has 3 N–H and O–H groups in total. The summed E-state index contributed by atoms with van der Waals surface area (Å²) in [6, 6.07) is 0. The van der Waals surface area contributed by atoms with Crippen molar-refractivity contribution >= 4 is 5.69 Å². The fourth-order valence-corrected chi connectivity index (χ4v) is 1.28. The minimum atomic E-state index is -0.549. The second-order valence-electron chi connectivity index (χ2n) is 4.33. The summed E-state index contributed by atoms with van der Waals surface area (Å²) < 4.78 is 6.72. The van der Waals surface area contributed by atoms with Crippen molar-refractivity contribution in [2.45, 2.75) is 26.8 Å². The number of nitrogen functional groups attached to an aromatic ring is 1. The topological polar surface area (TPSA) is 90.1 Å². The Morgan fingerprint density at radius 2 is 2.12 bits per heavy atom. The zero-order valence-electron chi connectivity index (χ0n) is 10.2. The maximum absolute atomic E-state index is 11.4. The van der Waals surface area contributed by atoms with E-state index in [1.807, 2.05) is 0 Å². The lowest BCUT2D eigenvalue weighted by Gasteiger charge is -2.08. The van der Waals surface area contributed by atoms with E-state index < -0.39 is 11.2 Å². The Labute approximate surface area is 99.4 Å². The third kappa shape index (κ3) is 4.44. The van der Waals surface area contributed by atoms with Gasteiger partial charge < -0.3 is 10.5 Å². The summed E-state index contributed by atoms with van der Waals surface area (Å²) in [5.41, 5.74) is 4.44. The van der Waals surface area contributed by atoms with Gasteiger partial charge in [-0.05, 0) is 12.3 Å². The van der Waals surface area contributed by atoms with Crippen LogP contribution in [0, 0.1) is 5.92 Å². The van der Waals surface area contributed by atoms with E-state index in [1.165, 1.54) is 10.8 Å². The Morgan fingerprint density at radius 1 is 1.41 bits per heavy atom. The van der Waals surface area contributed by atoms with E-state index in [1.54, 1.807) is 0 Å². The number of hydrogen-bond acceptors (Lipinski definition) is 4. The molecular weight excluding hydrogens is 222 g/mol. The molecule has 0 atom stereocenters. The van der Waals surface area contributed by atoms with Crippen LogP contribution in [0.3, 0.4) is 0 Å². The van der Waals surface area contributed by atoms with Crippen molar-refractivity contribution in [2.24, 2.45) is 5.92 Å². The standard InChI is InChI=1S/C11H19N3O3/c1-8(2)3-5-17-6-4-14-7-9(12)10(15)13-11(14)16/h7-8H,3-6,12H2,1-2H3,(H,13,15,16). The van der Waals surface area contributed by atoms with Crippen LogP contribution in [0.1, 0.15) is 20.3 Å². The number of rotatable bonds is 6. The Bertz CT molecular complexity index is 462. The smallest absolute Gasteiger partial charge is 0.328 e. The summed E-state index contributed by atoms with van der Waals surface area (Å²) in [5.74, 6) is 0.599. The summed E-state index contributed by atoms with van der Waals surface area (Å²) >= 11 is 0. The van der Waals surface area contributed by atoms with Gasteiger partial charge in [-0.25, -0.2) is 4.79 Å². The van der Waals surface area contributed by atoms with Gasteiger partial charge in [0.15, 0.2) is 0 Å². The van der Waals surface area contributed by atoms with Crippen molar-refractivity contribution in [3.05, 3.63) is 27.0 Å². The highest BCUT2D eigenvalue weighted by Crippen LogP contribution is 1.98. The Balaban J connectivity index is 2.45. The van der Waals surface area contributed by atoms with Gasteiger partial charge in [0.2, 0.25) is 0 Å². The number of aromatic nitrogens is 2. The van der Waals surface area contributed by atoms with E-state index in [9.17, 15) is 9.59 Å². The van der Waals surface area contributed by atoms with Gasteiger partial charge >= 0.3 is 5.69 Å². The summed E-state index contributed by atoms with van der Waals surface area (Å²) in [4.78, 5) is 24.5. The predicted octanol–water partition coefficient (Wildman–Crippen LogP) is 0.182. The second kappa shape index (κ2) is 6.24. The minimum absolute atomic E-state index is 0.0341. The third-order valence-electron chi connectivity index (χ3n) is 2.35. The first-order chi connectivity index (χ1) is 8.00. The first-order valence-corrected chi connectivity index (χ1v) is 5.67. The molecule has 1 rings (SSSR count). The highest BCUT2D eigenvalue weighted by atomic mass is 16.5. The quantitative estimate of drug-likeness (QED) is 0.695. The summed E-state index contributed by atoms with van der Waals surface area (Å²) in [6.45, 7) is 5.73. The Kier molecular flexibility index (Phi) is 4.96. The maximum atomic E-state index is 11.4. The van der Waals surface area contributed by atoms with Gasteiger partial charge in [-0.2, -0.15) is 0 Å². The first kappa shape index (κ1) is 13.5. The van der Waals surface area contributed by atoms with Crippen LogP contribution in [0.15, 0.2) is 15.8 Å². The van der Waals surface area contributed by atoms with Crippen molar-refractivity contribution < 1.29 is 4.74 Å². The third-order valence-corrected chi connectivity index (χ3v) is 2.35. The molecule has 0 aliphatic heterocycles. The number of nitrogens with zero attached hydrogens (tertiary/aromatic N) is 1. The molecule has 0 unspecified atom stereocenters. The highest BCUT2D eigenvalue weighted by Gasteiger charge is 2.01. The van der Waals surface area contributed by atoms with E-state index in [4.69, 9.17) is 10.5 Å². The fourth-order valence-electron chi connectivity index (χ4n) is 1.28. The molecular formula is C11H19N3O3. The lowest BCUT2D eigenvalue weighted by atomic mass is 10.1. The van der Waals surface area contributed by atoms with Gasteiger partial charge in [0.25, 0.3) is 5.56 Å². The molecule has 0 bridgehead atoms. The van der Waals surface area contributed by atoms with E-state index >= 15 is 0 Å². The fraction of sp³-hybridized carbons (Fsp3) is 0.636. The minimum Gasteiger partial charge on any atom is -0.393 e. The Morgan fingerprint density at radius 3 is 2.76 bits per heavy atom. The van der Waals surface area contributed by atoms with Crippen LogP contribution in [-0.4, -0.2) is 22.8 Å². The summed E-state index contributed by atoms with van der Waals surface area (Å²) in [7, 11) is 0. The van der Waals surface area contributed by atoms with Crippen LogP contribution < -0.4 is 17.0 Å². The van der Waals surface area contributed by atoms with Crippen molar-refractivity contribution in [3.8, 4) is 0 Å². The molecule has 0 aliphatic rings. The van der Waals surface area contributed by atoms with Crippen molar-refractivity contribution in [3.63, 3.8) is 0 Å². The zero-order chi connectivity index (χ0) is 12.8. The van der Waals surface area contributed by atoms with E-state index in [0.717, 1.165) is 6.42 Å². The molecule has 6 heteroatoms. The van der Waals surface area contributed by atoms with Crippen LogP contribution in [0.2, 0.25) is 0 Å². The predicted molar refractivity (Wildman–Crippen MR) is 66.0 cm³/mol. The molecule has 6 nitrogen and oxygen atoms in total. The second-order valence-corrected chi connectivity index (χ2v) is 4.33. The molecule has 0 saturated heterocycles. The lowest BCUT2D eigenvalue weighted by molar-refractivity contribution is 0.115. The number of anilines is 1. The van der Waals surface area contributed by atoms with Crippen LogP contribution >= 0.6 is 0 Å². The molecule has 17 heavy (non-hydrogen) atoms. The number of hydrogen-bond donors (Lipinski definition) is 2. The van der Waals surface area contributed by atoms with Gasteiger partial charge in [-0.3, -0.25) is 14.3 Å². The van der Waals surface area contributed by atoms with Crippen molar-refractivity contribution in [1.82, 2.24) is 9.55 Å². The van der Waals surface area contributed by atoms with Crippen molar-refractivity contribution in [2.75, 3.05) is 18.9 Å². The Hall–Kier alpha value is -1.56. The van der Waals surface area contributed by atoms with Gasteiger partial charge in [0.1, 0.15) is 5.69 Å². The molecule has 1 aromatic rings. The largest absolute Gasteiger partial charge is 0.393 e. The molecule has 0 amide bonds. The van der Waals surface area contributed by atoms with Gasteiger partial charge in [-0.15, -0.1) is 0 Å². The van der Waals surface area contributed by atoms with E-state index in [-0.39, 0.29) is 5.69 Å². The molecule has 0 aromatic carbocycles. The van der Waals surface area contributed by atoms with E-state index in [0.29, 0.717) is 25.7 Å². The van der Waals surface area contributed by atoms with Gasteiger partial charge in [0.05, 0.1) is 13.2 Å². The van der Waals surface area contributed by atoms with Crippen LogP contribution in [-0.2, 0) is 11.3 Å². The molecule has 0 spiro atoms. The van der Waals surface area contributed by atoms with Gasteiger partial charge in [-0.1, -0.05) is 13.8 Å².